The summed E-state index contributed by atoms with van der Waals surface area (Å²) in [5, 5.41) is 6.87. The number of Topliss-reactive ketones (excluding diaryl/α,β-unsaturated/α-hetero) is 1. The van der Waals surface area contributed by atoms with Gasteiger partial charge in [-0.15, -0.1) is 5.10 Å². The summed E-state index contributed by atoms with van der Waals surface area (Å²) in [7, 11) is 0. The van der Waals surface area contributed by atoms with Gasteiger partial charge in [-0.05, 0) is 5.21 Å². The fraction of sp³-hybridized carbons (Fsp3) is 0.200. The lowest BCUT2D eigenvalue weighted by atomic mass is 10.3. The van der Waals surface area contributed by atoms with Crippen molar-refractivity contribution in [3.05, 3.63) is 11.9 Å². The first-order valence-corrected chi connectivity index (χ1v) is 3.09. The topological polar surface area (TPSA) is 103 Å². The van der Waals surface area contributed by atoms with Crippen molar-refractivity contribution >= 4 is 11.8 Å². The van der Waals surface area contributed by atoms with E-state index in [4.69, 9.17) is 5.73 Å². The molecule has 0 bridgehead atoms. The maximum absolute atomic E-state index is 10.7. The highest BCUT2D eigenvalue weighted by molar-refractivity contribution is 5.91. The Bertz CT molecular complexity index is 317. The number of carbonyl (C=O) groups excluding carboxylic acids is 2. The van der Waals surface area contributed by atoms with Crippen LogP contribution in [0.2, 0.25) is 0 Å². The highest BCUT2D eigenvalue weighted by atomic mass is 16.2. The summed E-state index contributed by atoms with van der Waals surface area (Å²) >= 11 is 0. The molecule has 0 saturated carbocycles. The molecule has 0 spiro atoms. The van der Waals surface area contributed by atoms with E-state index >= 15 is 0 Å². The van der Waals surface area contributed by atoms with E-state index in [-0.39, 0.29) is 11.5 Å². The molecule has 0 aliphatic rings. The van der Waals surface area contributed by atoms with Crippen molar-refractivity contribution in [2.24, 2.45) is 5.73 Å². The van der Waals surface area contributed by atoms with Gasteiger partial charge >= 0.3 is 6.03 Å². The van der Waals surface area contributed by atoms with Gasteiger partial charge in [0, 0.05) is 6.92 Å². The molecule has 0 aliphatic carbocycles. The normalized spacial score (nSPS) is 9.42. The molecule has 1 rings (SSSR count). The van der Waals surface area contributed by atoms with Crippen molar-refractivity contribution in [2.45, 2.75) is 6.92 Å². The van der Waals surface area contributed by atoms with Gasteiger partial charge in [-0.25, -0.2) is 10.2 Å². The van der Waals surface area contributed by atoms with E-state index < -0.39 is 6.03 Å². The molecule has 2 amide bonds. The highest BCUT2D eigenvalue weighted by Gasteiger charge is 2.05. The molecule has 0 aliphatic heterocycles. The quantitative estimate of drug-likeness (QED) is 0.560. The summed E-state index contributed by atoms with van der Waals surface area (Å²) in [5.41, 5.74) is 7.07. The van der Waals surface area contributed by atoms with Gasteiger partial charge in [-0.2, -0.15) is 4.79 Å². The number of hydrogen-bond acceptors (Lipinski definition) is 4. The molecule has 64 valence electrons. The van der Waals surface area contributed by atoms with E-state index in [1.807, 2.05) is 0 Å². The zero-order chi connectivity index (χ0) is 9.14. The van der Waals surface area contributed by atoms with Crippen molar-refractivity contribution in [3.8, 4) is 0 Å². The number of nitrogens with zero attached hydrogens (tertiary/aromatic N) is 3. The van der Waals surface area contributed by atoms with Gasteiger partial charge in [0.1, 0.15) is 0 Å². The van der Waals surface area contributed by atoms with Crippen molar-refractivity contribution in [3.63, 3.8) is 0 Å². The Morgan fingerprint density at radius 2 is 2.33 bits per heavy atom. The standard InChI is InChI=1S/C5H7N5O2/c1-3(11)4-2-10(9-7-4)8-5(6)12/h2H,1H3,(H3,6,8,12). The molecule has 7 heteroatoms. The van der Waals surface area contributed by atoms with Gasteiger partial charge in [0.05, 0.1) is 6.20 Å². The van der Waals surface area contributed by atoms with Gasteiger partial charge in [-0.1, -0.05) is 0 Å². The molecule has 7 nitrogen and oxygen atoms in total. The van der Waals surface area contributed by atoms with Crippen molar-refractivity contribution < 1.29 is 9.59 Å². The average Bonchev–Trinajstić information content (AvgIpc) is 2.34. The predicted molar refractivity (Wildman–Crippen MR) is 39.0 cm³/mol. The molecule has 0 saturated heterocycles. The van der Waals surface area contributed by atoms with Gasteiger partial charge in [0.2, 0.25) is 0 Å². The molecule has 0 unspecified atom stereocenters. The first-order chi connectivity index (χ1) is 5.59. The van der Waals surface area contributed by atoms with Gasteiger partial charge in [-0.3, -0.25) is 4.79 Å². The fourth-order valence-electron chi connectivity index (χ4n) is 0.593. The van der Waals surface area contributed by atoms with E-state index in [2.05, 4.69) is 15.7 Å². The van der Waals surface area contributed by atoms with Gasteiger partial charge < -0.3 is 5.73 Å². The van der Waals surface area contributed by atoms with E-state index in [0.29, 0.717) is 0 Å². The van der Waals surface area contributed by atoms with Crippen LogP contribution in [-0.2, 0) is 0 Å². The minimum Gasteiger partial charge on any atom is -0.350 e. The number of aromatic nitrogens is 3. The zero-order valence-electron chi connectivity index (χ0n) is 6.31. The highest BCUT2D eigenvalue weighted by Crippen LogP contribution is 1.91. The molecule has 0 fully saturated rings. The van der Waals surface area contributed by atoms with Crippen LogP contribution in [0.5, 0.6) is 0 Å². The van der Waals surface area contributed by atoms with Crippen LogP contribution < -0.4 is 11.2 Å². The molecular formula is C5H7N5O2. The maximum atomic E-state index is 10.7. The number of rotatable bonds is 2. The SMILES string of the molecule is CC(=O)c1cn(NC(N)=O)nn1. The lowest BCUT2D eigenvalue weighted by molar-refractivity contribution is 0.101. The van der Waals surface area contributed by atoms with Crippen LogP contribution in [0.1, 0.15) is 17.4 Å². The van der Waals surface area contributed by atoms with Crippen LogP contribution in [-0.4, -0.2) is 26.9 Å². The Morgan fingerprint density at radius 1 is 1.67 bits per heavy atom. The Morgan fingerprint density at radius 3 is 2.75 bits per heavy atom. The second-order valence-corrected chi connectivity index (χ2v) is 2.08. The maximum Gasteiger partial charge on any atom is 0.332 e. The zero-order valence-corrected chi connectivity index (χ0v) is 6.31. The minimum absolute atomic E-state index is 0.170. The first-order valence-electron chi connectivity index (χ1n) is 3.09. The summed E-state index contributed by atoms with van der Waals surface area (Å²) in [6, 6.07) is -0.769. The van der Waals surface area contributed by atoms with E-state index in [9.17, 15) is 9.59 Å². The Balaban J connectivity index is 2.77. The number of primary amides is 1. The lowest BCUT2D eigenvalue weighted by Gasteiger charge is -1.95. The van der Waals surface area contributed by atoms with Crippen molar-refractivity contribution in [1.29, 1.82) is 0 Å². The third-order valence-corrected chi connectivity index (χ3v) is 1.08. The molecule has 1 heterocycles. The molecule has 1 aromatic heterocycles. The Labute approximate surface area is 67.5 Å². The van der Waals surface area contributed by atoms with Crippen LogP contribution in [0.25, 0.3) is 0 Å². The predicted octanol–water partition coefficient (Wildman–Crippen LogP) is -0.897. The van der Waals surface area contributed by atoms with Crippen LogP contribution in [0, 0.1) is 0 Å². The van der Waals surface area contributed by atoms with Crippen LogP contribution >= 0.6 is 0 Å². The summed E-state index contributed by atoms with van der Waals surface area (Å²) in [4.78, 5) is 21.9. The molecule has 0 radical (unpaired) electrons. The summed E-state index contributed by atoms with van der Waals surface area (Å²) < 4.78 is 0. The Hall–Kier alpha value is -1.92. The summed E-state index contributed by atoms with van der Waals surface area (Å²) in [6.45, 7) is 1.35. The summed E-state index contributed by atoms with van der Waals surface area (Å²) in [6.07, 6.45) is 1.27. The summed E-state index contributed by atoms with van der Waals surface area (Å²) in [5.74, 6) is -0.229. The first kappa shape index (κ1) is 8.18. The number of hydrogen-bond donors (Lipinski definition) is 2. The Kier molecular flexibility index (Phi) is 2.04. The third kappa shape index (κ3) is 1.78. The fourth-order valence-corrected chi connectivity index (χ4v) is 0.593. The molecule has 3 N–H and O–H groups in total. The minimum atomic E-state index is -0.769. The van der Waals surface area contributed by atoms with E-state index in [1.165, 1.54) is 13.1 Å². The number of carbonyl (C=O) groups is 2. The second kappa shape index (κ2) is 2.99. The number of amides is 2. The van der Waals surface area contributed by atoms with Crippen molar-refractivity contribution in [2.75, 3.05) is 5.43 Å². The third-order valence-electron chi connectivity index (χ3n) is 1.08. The van der Waals surface area contributed by atoms with Crippen LogP contribution in [0.4, 0.5) is 4.79 Å². The number of nitrogens with one attached hydrogen (secondary N) is 1. The molecule has 0 aromatic carbocycles. The molecule has 1 aromatic rings. The number of nitrogens with two attached hydrogens (primary N) is 1. The van der Waals surface area contributed by atoms with Gasteiger partial charge in [0.15, 0.2) is 11.5 Å². The second-order valence-electron chi connectivity index (χ2n) is 2.08. The lowest BCUT2D eigenvalue weighted by Crippen LogP contribution is -2.28. The largest absolute Gasteiger partial charge is 0.350 e. The smallest absolute Gasteiger partial charge is 0.332 e. The van der Waals surface area contributed by atoms with E-state index in [0.717, 1.165) is 4.79 Å². The molecular weight excluding hydrogens is 162 g/mol. The van der Waals surface area contributed by atoms with Crippen LogP contribution in [0.3, 0.4) is 0 Å². The van der Waals surface area contributed by atoms with Crippen LogP contribution in [0.15, 0.2) is 6.20 Å². The van der Waals surface area contributed by atoms with E-state index in [1.54, 1.807) is 0 Å². The monoisotopic (exact) mass is 169 g/mol. The average molecular weight is 169 g/mol. The number of urea groups is 1. The van der Waals surface area contributed by atoms with Crippen molar-refractivity contribution in [1.82, 2.24) is 15.1 Å². The number of ketones is 1. The molecule has 12 heavy (non-hydrogen) atoms. The molecule has 0 atom stereocenters. The van der Waals surface area contributed by atoms with Gasteiger partial charge in [0.25, 0.3) is 0 Å².